The molecular weight excluding hydrogens is 272 g/mol. The van der Waals surface area contributed by atoms with Crippen LogP contribution < -0.4 is 4.99 Å². The summed E-state index contributed by atoms with van der Waals surface area (Å²) in [5, 5.41) is 0. The molecule has 0 saturated carbocycles. The van der Waals surface area contributed by atoms with Crippen molar-refractivity contribution < 1.29 is 4.99 Å². The topological polar surface area (TPSA) is 57.9 Å². The Kier molecular flexibility index (Phi) is 2.82. The molecule has 0 unspecified atom stereocenters. The molecule has 4 heteroatoms. The molecule has 2 aliphatic rings. The van der Waals surface area contributed by atoms with Gasteiger partial charge in [-0.1, -0.05) is 0 Å². The third-order valence-electron chi connectivity index (χ3n) is 3.83. The molecule has 0 bridgehead atoms. The van der Waals surface area contributed by atoms with Gasteiger partial charge in [0.1, 0.15) is 11.4 Å². The maximum absolute atomic E-state index is 4.70. The fourth-order valence-electron chi connectivity index (χ4n) is 2.68. The normalized spacial score (nSPS) is 19.9. The van der Waals surface area contributed by atoms with Gasteiger partial charge >= 0.3 is 0 Å². The number of nitrogens with zero attached hydrogens (tertiary/aromatic N) is 1. The van der Waals surface area contributed by atoms with Crippen LogP contribution in [0.1, 0.15) is 22.8 Å². The zero-order valence-corrected chi connectivity index (χ0v) is 12.6. The van der Waals surface area contributed by atoms with Gasteiger partial charge in [-0.2, -0.15) is 0 Å². The molecule has 0 aliphatic carbocycles. The lowest BCUT2D eigenvalue weighted by Gasteiger charge is -1.92. The van der Waals surface area contributed by atoms with E-state index >= 15 is 0 Å². The van der Waals surface area contributed by atoms with Crippen molar-refractivity contribution in [2.45, 2.75) is 13.8 Å². The van der Waals surface area contributed by atoms with Crippen LogP contribution in [0.3, 0.4) is 0 Å². The average molecular weight is 289 g/mol. The second-order valence-corrected chi connectivity index (χ2v) is 5.61. The number of aromatic amines is 2. The van der Waals surface area contributed by atoms with Crippen molar-refractivity contribution in [3.8, 4) is 0 Å². The van der Waals surface area contributed by atoms with Crippen LogP contribution in [0.4, 0.5) is 0 Å². The molecule has 3 N–H and O–H groups in total. The van der Waals surface area contributed by atoms with Crippen LogP contribution in [0, 0.1) is 13.8 Å². The van der Waals surface area contributed by atoms with E-state index in [0.717, 1.165) is 45.6 Å². The summed E-state index contributed by atoms with van der Waals surface area (Å²) in [7, 11) is 0. The summed E-state index contributed by atoms with van der Waals surface area (Å²) in [6, 6.07) is 8.27. The third-order valence-corrected chi connectivity index (χ3v) is 3.83. The smallest absolute Gasteiger partial charge is 0.230 e. The zero-order chi connectivity index (χ0) is 15.1. The molecule has 4 nitrogen and oxygen atoms in total. The van der Waals surface area contributed by atoms with E-state index < -0.39 is 0 Å². The van der Waals surface area contributed by atoms with Gasteiger partial charge in [0.25, 0.3) is 0 Å². The van der Waals surface area contributed by atoms with E-state index in [4.69, 9.17) is 4.99 Å². The number of aromatic nitrogens is 2. The van der Waals surface area contributed by atoms with E-state index in [1.54, 1.807) is 0 Å². The molecule has 4 heterocycles. The van der Waals surface area contributed by atoms with Crippen LogP contribution >= 0.6 is 0 Å². The molecule has 0 saturated heterocycles. The number of hydrogen-bond donors (Lipinski definition) is 3. The molecule has 2 aromatic rings. The molecular formula is C18H17N4+. The van der Waals surface area contributed by atoms with Crippen LogP contribution in [-0.2, 0) is 0 Å². The molecule has 108 valence electrons. The highest BCUT2D eigenvalue weighted by atomic mass is 14.9. The van der Waals surface area contributed by atoms with Gasteiger partial charge in [-0.25, -0.2) is 9.98 Å². The van der Waals surface area contributed by atoms with Crippen LogP contribution in [0.2, 0.25) is 0 Å². The van der Waals surface area contributed by atoms with Gasteiger partial charge in [0.15, 0.2) is 0 Å². The third kappa shape index (κ3) is 2.19. The highest BCUT2D eigenvalue weighted by Gasteiger charge is 2.20. The Labute approximate surface area is 128 Å². The lowest BCUT2D eigenvalue weighted by atomic mass is 10.2. The van der Waals surface area contributed by atoms with Gasteiger partial charge in [-0.15, -0.1) is 0 Å². The largest absolute Gasteiger partial charge is 0.357 e. The predicted molar refractivity (Wildman–Crippen MR) is 88.0 cm³/mol. The first-order valence-corrected chi connectivity index (χ1v) is 7.34. The van der Waals surface area contributed by atoms with Crippen molar-refractivity contribution in [1.29, 1.82) is 0 Å². The Morgan fingerprint density at radius 2 is 1.55 bits per heavy atom. The van der Waals surface area contributed by atoms with E-state index in [1.165, 1.54) is 0 Å². The average Bonchev–Trinajstić information content (AvgIpc) is 3.24. The van der Waals surface area contributed by atoms with Crippen LogP contribution in [0.25, 0.3) is 0 Å². The van der Waals surface area contributed by atoms with Crippen molar-refractivity contribution in [1.82, 2.24) is 9.97 Å². The number of allylic oxidation sites excluding steroid dienone is 4. The second kappa shape index (κ2) is 4.84. The van der Waals surface area contributed by atoms with Crippen molar-refractivity contribution in [2.24, 2.45) is 4.99 Å². The first kappa shape index (κ1) is 12.8. The van der Waals surface area contributed by atoms with Gasteiger partial charge in [0, 0.05) is 23.5 Å². The summed E-state index contributed by atoms with van der Waals surface area (Å²) < 4.78 is 0. The van der Waals surface area contributed by atoms with Crippen molar-refractivity contribution >= 4 is 11.4 Å². The molecule has 0 radical (unpaired) electrons. The van der Waals surface area contributed by atoms with Gasteiger partial charge in [-0.05, 0) is 50.3 Å². The van der Waals surface area contributed by atoms with Crippen LogP contribution in [0.15, 0.2) is 65.0 Å². The molecule has 22 heavy (non-hydrogen) atoms. The summed E-state index contributed by atoms with van der Waals surface area (Å²) in [5.74, 6) is 0. The van der Waals surface area contributed by atoms with Crippen LogP contribution in [0.5, 0.6) is 0 Å². The van der Waals surface area contributed by atoms with E-state index in [1.807, 2.05) is 19.1 Å². The molecule has 0 atom stereocenters. The minimum atomic E-state index is 0.955. The monoisotopic (exact) mass is 289 g/mol. The van der Waals surface area contributed by atoms with Gasteiger partial charge in [0.2, 0.25) is 11.4 Å². The van der Waals surface area contributed by atoms with Gasteiger partial charge < -0.3 is 9.97 Å². The van der Waals surface area contributed by atoms with Crippen molar-refractivity contribution in [2.75, 3.05) is 0 Å². The van der Waals surface area contributed by atoms with E-state index in [9.17, 15) is 0 Å². The van der Waals surface area contributed by atoms with E-state index in [-0.39, 0.29) is 0 Å². The Hall–Kier alpha value is -2.88. The van der Waals surface area contributed by atoms with Crippen LogP contribution in [-0.4, -0.2) is 21.4 Å². The fourth-order valence-corrected chi connectivity index (χ4v) is 2.68. The molecule has 4 rings (SSSR count). The maximum atomic E-state index is 4.70. The number of hydrogen-bond acceptors (Lipinski definition) is 1. The lowest BCUT2D eigenvalue weighted by Crippen LogP contribution is -2.68. The first-order valence-electron chi connectivity index (χ1n) is 7.34. The summed E-state index contributed by atoms with van der Waals surface area (Å²) in [6.45, 7) is 4.10. The quantitative estimate of drug-likeness (QED) is 0.753. The summed E-state index contributed by atoms with van der Waals surface area (Å²) in [5.41, 5.74) is 8.46. The highest BCUT2D eigenvalue weighted by Crippen LogP contribution is 2.17. The lowest BCUT2D eigenvalue weighted by molar-refractivity contribution is -0.386. The van der Waals surface area contributed by atoms with E-state index in [2.05, 4.69) is 58.3 Å². The standard InChI is InChI=1S/C18H16N4/c1-11-3-5-13(19-11)15-7-9-17(21-15)18-10-8-16(22-18)14-6-4-12(2)20-14/h3-10,19-20H,1-2H3/p+1/b18-17+. The second-order valence-electron chi connectivity index (χ2n) is 5.61. The maximum Gasteiger partial charge on any atom is 0.230 e. The van der Waals surface area contributed by atoms with Crippen molar-refractivity contribution in [3.63, 3.8) is 0 Å². The number of H-pyrrole nitrogens is 2. The summed E-state index contributed by atoms with van der Waals surface area (Å²) >= 11 is 0. The molecule has 0 fully saturated rings. The minimum Gasteiger partial charge on any atom is -0.357 e. The minimum absolute atomic E-state index is 0.955. The molecule has 2 aliphatic heterocycles. The van der Waals surface area contributed by atoms with E-state index in [0.29, 0.717) is 0 Å². The molecule has 0 spiro atoms. The van der Waals surface area contributed by atoms with Gasteiger partial charge in [0.05, 0.1) is 11.4 Å². The predicted octanol–water partition coefficient (Wildman–Crippen LogP) is 1.67. The Bertz CT molecular complexity index is 823. The summed E-state index contributed by atoms with van der Waals surface area (Å²) in [6.07, 6.45) is 8.23. The zero-order valence-electron chi connectivity index (χ0n) is 12.6. The SMILES string of the molecule is Cc1ccc(C2=N/C(=C3\C=CC(c4ccc(C)[nH]4)=[NH+]3)C=C2)[nH]1. The molecule has 2 aromatic heterocycles. The molecule has 0 amide bonds. The molecule has 0 aromatic carbocycles. The van der Waals surface area contributed by atoms with Crippen molar-refractivity contribution in [3.05, 3.63) is 82.7 Å². The Morgan fingerprint density at radius 1 is 0.818 bits per heavy atom. The number of aliphatic imine (C=N–C) groups is 1. The Morgan fingerprint density at radius 3 is 2.23 bits per heavy atom. The number of nitrogens with one attached hydrogen (secondary N) is 3. The first-order chi connectivity index (χ1) is 10.7. The Balaban J connectivity index is 1.67. The number of aryl methyl sites for hydroxylation is 2. The van der Waals surface area contributed by atoms with Gasteiger partial charge in [-0.3, -0.25) is 0 Å². The number of rotatable bonds is 2. The summed E-state index contributed by atoms with van der Waals surface area (Å²) in [4.78, 5) is 14.8. The highest BCUT2D eigenvalue weighted by molar-refractivity contribution is 6.10. The fraction of sp³-hybridized carbons (Fsp3) is 0.111.